The van der Waals surface area contributed by atoms with Crippen LogP contribution in [0, 0.1) is 11.8 Å². The SMILES string of the molecule is C=C1C(c2cccc(Cl)c2)=NC(C)(CCC(C)C(C)C)N1C(CCCC)c1ccc(C(=O)NCc2nn[nH]n2)cc1. The van der Waals surface area contributed by atoms with Crippen molar-refractivity contribution in [1.29, 1.82) is 0 Å². The standard InChI is InChI=1S/C32H42ClN7O/c1-7-8-12-28(24-13-15-25(16-14-24)31(41)34-20-29-36-38-39-37-29)40-23(5)30(26-10-9-11-27(33)19-26)35-32(40,6)18-17-22(4)21(2)3/h9-11,13-16,19,21-22,28H,5,7-8,12,17-18,20H2,1-4,6H3,(H,34,41)(H,36,37,38,39). The molecule has 0 saturated heterocycles. The molecule has 218 valence electrons. The van der Waals surface area contributed by atoms with Crippen LogP contribution in [0.25, 0.3) is 0 Å². The predicted octanol–water partition coefficient (Wildman–Crippen LogP) is 7.12. The summed E-state index contributed by atoms with van der Waals surface area (Å²) in [5, 5.41) is 17.2. The zero-order valence-electron chi connectivity index (χ0n) is 24.8. The van der Waals surface area contributed by atoms with Gasteiger partial charge in [0.1, 0.15) is 5.66 Å². The molecule has 0 saturated carbocycles. The maximum absolute atomic E-state index is 12.8. The largest absolute Gasteiger partial charge is 0.345 e. The van der Waals surface area contributed by atoms with Gasteiger partial charge in [-0.15, -0.1) is 10.2 Å². The lowest BCUT2D eigenvalue weighted by molar-refractivity contribution is 0.0947. The zero-order valence-corrected chi connectivity index (χ0v) is 25.6. The molecule has 9 heteroatoms. The van der Waals surface area contributed by atoms with Crippen LogP contribution < -0.4 is 5.32 Å². The van der Waals surface area contributed by atoms with E-state index in [1.165, 1.54) is 0 Å². The van der Waals surface area contributed by atoms with Crippen LogP contribution in [0.3, 0.4) is 0 Å². The number of unbranched alkanes of at least 4 members (excludes halogenated alkanes) is 1. The summed E-state index contributed by atoms with van der Waals surface area (Å²) in [6.45, 7) is 16.1. The van der Waals surface area contributed by atoms with Crippen molar-refractivity contribution >= 4 is 23.2 Å². The van der Waals surface area contributed by atoms with E-state index in [0.29, 0.717) is 28.2 Å². The first kappa shape index (κ1) is 30.4. The van der Waals surface area contributed by atoms with Gasteiger partial charge in [-0.3, -0.25) is 9.79 Å². The van der Waals surface area contributed by atoms with E-state index >= 15 is 0 Å². The Labute approximate surface area is 248 Å². The second-order valence-electron chi connectivity index (χ2n) is 11.6. The van der Waals surface area contributed by atoms with Gasteiger partial charge in [-0.1, -0.05) is 88.2 Å². The number of H-pyrrole nitrogens is 1. The van der Waals surface area contributed by atoms with Crippen molar-refractivity contribution in [2.75, 3.05) is 0 Å². The molecule has 0 radical (unpaired) electrons. The summed E-state index contributed by atoms with van der Waals surface area (Å²) in [6, 6.07) is 15.8. The quantitative estimate of drug-likeness (QED) is 0.226. The van der Waals surface area contributed by atoms with Gasteiger partial charge in [-0.2, -0.15) is 5.21 Å². The molecule has 3 atom stereocenters. The van der Waals surface area contributed by atoms with Crippen molar-refractivity contribution in [1.82, 2.24) is 30.8 Å². The first-order valence-corrected chi connectivity index (χ1v) is 15.0. The molecule has 3 unspecified atom stereocenters. The summed E-state index contributed by atoms with van der Waals surface area (Å²) in [4.78, 5) is 20.6. The molecule has 2 aromatic carbocycles. The van der Waals surface area contributed by atoms with Crippen molar-refractivity contribution in [3.63, 3.8) is 0 Å². The Bertz CT molecular complexity index is 1350. The number of hydrogen-bond donors (Lipinski definition) is 2. The van der Waals surface area contributed by atoms with E-state index in [1.807, 2.05) is 30.3 Å². The molecule has 8 nitrogen and oxygen atoms in total. The fourth-order valence-electron chi connectivity index (χ4n) is 5.38. The van der Waals surface area contributed by atoms with E-state index in [9.17, 15) is 4.79 Å². The van der Waals surface area contributed by atoms with E-state index in [1.54, 1.807) is 0 Å². The minimum absolute atomic E-state index is 0.0543. The van der Waals surface area contributed by atoms with Gasteiger partial charge in [-0.05, 0) is 67.9 Å². The number of amides is 1. The Morgan fingerprint density at radius 2 is 1.90 bits per heavy atom. The number of rotatable bonds is 13. The molecule has 41 heavy (non-hydrogen) atoms. The van der Waals surface area contributed by atoms with Crippen LogP contribution in [0.4, 0.5) is 0 Å². The second-order valence-corrected chi connectivity index (χ2v) is 12.0. The van der Waals surface area contributed by atoms with E-state index in [2.05, 4.69) is 90.2 Å². The third-order valence-corrected chi connectivity index (χ3v) is 8.48. The first-order valence-electron chi connectivity index (χ1n) is 14.6. The third kappa shape index (κ3) is 7.22. The molecule has 2 N–H and O–H groups in total. The lowest BCUT2D eigenvalue weighted by Crippen LogP contribution is -2.43. The monoisotopic (exact) mass is 575 g/mol. The highest BCUT2D eigenvalue weighted by Gasteiger charge is 2.44. The maximum Gasteiger partial charge on any atom is 0.251 e. The van der Waals surface area contributed by atoms with E-state index in [-0.39, 0.29) is 18.5 Å². The van der Waals surface area contributed by atoms with E-state index in [0.717, 1.165) is 54.6 Å². The number of halogens is 1. The zero-order chi connectivity index (χ0) is 29.6. The van der Waals surface area contributed by atoms with Crippen LogP contribution in [0.5, 0.6) is 0 Å². The van der Waals surface area contributed by atoms with Gasteiger partial charge >= 0.3 is 0 Å². The number of nitrogens with one attached hydrogen (secondary N) is 2. The van der Waals surface area contributed by atoms with Crippen LogP contribution in [0.15, 0.2) is 65.8 Å². The van der Waals surface area contributed by atoms with Crippen molar-refractivity contribution in [3.05, 3.63) is 88.3 Å². The van der Waals surface area contributed by atoms with Gasteiger partial charge in [0, 0.05) is 16.1 Å². The molecular weight excluding hydrogens is 534 g/mol. The highest BCUT2D eigenvalue weighted by Crippen LogP contribution is 2.45. The lowest BCUT2D eigenvalue weighted by Gasteiger charge is -2.42. The van der Waals surface area contributed by atoms with Crippen LogP contribution in [0.1, 0.15) is 100 Å². The van der Waals surface area contributed by atoms with Crippen molar-refractivity contribution in [3.8, 4) is 0 Å². The summed E-state index contributed by atoms with van der Waals surface area (Å²) in [7, 11) is 0. The molecular formula is C32H42ClN7O. The summed E-state index contributed by atoms with van der Waals surface area (Å²) in [5.41, 5.74) is 4.05. The molecule has 1 aliphatic rings. The minimum Gasteiger partial charge on any atom is -0.345 e. The van der Waals surface area contributed by atoms with Gasteiger partial charge < -0.3 is 10.2 Å². The lowest BCUT2D eigenvalue weighted by atomic mass is 9.88. The normalized spacial score (nSPS) is 18.5. The number of aliphatic imine (C=N–C) groups is 1. The van der Waals surface area contributed by atoms with Gasteiger partial charge in [0.15, 0.2) is 5.82 Å². The number of tetrazole rings is 1. The van der Waals surface area contributed by atoms with Crippen LogP contribution in [-0.4, -0.2) is 42.8 Å². The fourth-order valence-corrected chi connectivity index (χ4v) is 5.57. The Hall–Kier alpha value is -3.52. The van der Waals surface area contributed by atoms with Crippen molar-refractivity contribution < 1.29 is 4.79 Å². The molecule has 0 spiro atoms. The number of aromatic nitrogens is 4. The highest BCUT2D eigenvalue weighted by atomic mass is 35.5. The van der Waals surface area contributed by atoms with Gasteiger partial charge in [0.05, 0.1) is 24.0 Å². The highest BCUT2D eigenvalue weighted by molar-refractivity contribution is 6.31. The predicted molar refractivity (Wildman–Crippen MR) is 165 cm³/mol. The molecule has 4 rings (SSSR count). The molecule has 3 aromatic rings. The summed E-state index contributed by atoms with van der Waals surface area (Å²) >= 11 is 6.39. The Morgan fingerprint density at radius 1 is 1.15 bits per heavy atom. The summed E-state index contributed by atoms with van der Waals surface area (Å²) in [6.07, 6.45) is 5.06. The number of carbonyl (C=O) groups excluding carboxylic acids is 1. The smallest absolute Gasteiger partial charge is 0.251 e. The maximum atomic E-state index is 12.8. The topological polar surface area (TPSA) is 99.2 Å². The Kier molecular flexibility index (Phi) is 9.97. The molecule has 0 aliphatic carbocycles. The number of benzene rings is 2. The average Bonchev–Trinajstić information content (AvgIpc) is 3.57. The van der Waals surface area contributed by atoms with Crippen LogP contribution >= 0.6 is 11.6 Å². The molecule has 2 heterocycles. The van der Waals surface area contributed by atoms with E-state index < -0.39 is 5.66 Å². The second kappa shape index (κ2) is 13.4. The first-order chi connectivity index (χ1) is 19.6. The molecule has 0 bridgehead atoms. The van der Waals surface area contributed by atoms with Gasteiger partial charge in [0.2, 0.25) is 0 Å². The van der Waals surface area contributed by atoms with Gasteiger partial charge in [-0.25, -0.2) is 0 Å². The third-order valence-electron chi connectivity index (χ3n) is 8.24. The Balaban J connectivity index is 1.65. The molecule has 0 fully saturated rings. The van der Waals surface area contributed by atoms with Crippen LogP contribution in [0.2, 0.25) is 5.02 Å². The van der Waals surface area contributed by atoms with Crippen molar-refractivity contribution in [2.45, 2.75) is 85.0 Å². The minimum atomic E-state index is -0.461. The molecule has 1 amide bonds. The average molecular weight is 576 g/mol. The van der Waals surface area contributed by atoms with E-state index in [4.69, 9.17) is 16.6 Å². The number of allylic oxidation sites excluding steroid dienone is 1. The van der Waals surface area contributed by atoms with Gasteiger partial charge in [0.25, 0.3) is 5.91 Å². The fraction of sp³-hybridized carbons (Fsp3) is 0.469. The number of carbonyl (C=O) groups is 1. The number of hydrogen-bond acceptors (Lipinski definition) is 6. The Morgan fingerprint density at radius 3 is 2.54 bits per heavy atom. The number of nitrogens with zero attached hydrogens (tertiary/aromatic N) is 5. The van der Waals surface area contributed by atoms with Crippen LogP contribution in [-0.2, 0) is 6.54 Å². The summed E-state index contributed by atoms with van der Waals surface area (Å²) < 4.78 is 0. The number of aromatic amines is 1. The summed E-state index contributed by atoms with van der Waals surface area (Å²) in [5.74, 6) is 1.43. The molecule has 1 aromatic heterocycles. The van der Waals surface area contributed by atoms with Crippen molar-refractivity contribution in [2.24, 2.45) is 16.8 Å². The molecule has 1 aliphatic heterocycles.